The lowest BCUT2D eigenvalue weighted by Gasteiger charge is -2.10. The Morgan fingerprint density at radius 1 is 1.27 bits per heavy atom. The van der Waals surface area contributed by atoms with Gasteiger partial charge in [0, 0.05) is 18.9 Å². The fraction of sp³-hybridized carbons (Fsp3) is 0.667. The van der Waals surface area contributed by atoms with E-state index < -0.39 is 17.9 Å². The van der Waals surface area contributed by atoms with Gasteiger partial charge in [-0.25, -0.2) is 4.79 Å². The average molecular weight is 215 g/mol. The molecule has 0 bridgehead atoms. The lowest BCUT2D eigenvalue weighted by Crippen LogP contribution is -2.31. The Labute approximate surface area is 88.4 Å². The molecule has 0 aromatic heterocycles. The van der Waals surface area contributed by atoms with Crippen molar-refractivity contribution in [2.75, 3.05) is 6.54 Å². The largest absolute Gasteiger partial charge is 0.369 e. The smallest absolute Gasteiger partial charge is 0.312 e. The van der Waals surface area contributed by atoms with E-state index in [0.717, 1.165) is 0 Å². The number of hydrogen-bond donors (Lipinski definition) is 3. The number of ketones is 1. The van der Waals surface area contributed by atoms with Crippen molar-refractivity contribution in [2.24, 2.45) is 17.4 Å². The minimum absolute atomic E-state index is 0.0679. The Balaban J connectivity index is 3.81. The van der Waals surface area contributed by atoms with E-state index >= 15 is 0 Å². The summed E-state index contributed by atoms with van der Waals surface area (Å²) in [5.74, 6) is -0.997. The highest BCUT2D eigenvalue weighted by Gasteiger charge is 2.16. The summed E-state index contributed by atoms with van der Waals surface area (Å²) in [4.78, 5) is 32.0. The van der Waals surface area contributed by atoms with E-state index in [0.29, 0.717) is 19.4 Å². The fourth-order valence-electron chi connectivity index (χ4n) is 1.25. The number of amides is 3. The second kappa shape index (κ2) is 6.80. The number of hydrogen-bond acceptors (Lipinski definition) is 3. The van der Waals surface area contributed by atoms with Crippen molar-refractivity contribution < 1.29 is 14.4 Å². The van der Waals surface area contributed by atoms with Gasteiger partial charge in [-0.1, -0.05) is 0 Å². The van der Waals surface area contributed by atoms with Crippen molar-refractivity contribution in [3.63, 3.8) is 0 Å². The molecule has 3 amide bonds. The SMILES string of the molecule is CC(=O)C[C@@H](CCCNC(N)=O)C(N)=O. The lowest BCUT2D eigenvalue weighted by atomic mass is 9.97. The Morgan fingerprint density at radius 3 is 2.27 bits per heavy atom. The van der Waals surface area contributed by atoms with Crippen LogP contribution in [-0.4, -0.2) is 24.3 Å². The second-order valence-corrected chi connectivity index (χ2v) is 3.44. The van der Waals surface area contributed by atoms with Crippen molar-refractivity contribution in [3.8, 4) is 0 Å². The number of carbonyl (C=O) groups excluding carboxylic acids is 3. The molecule has 0 rings (SSSR count). The number of nitrogens with one attached hydrogen (secondary N) is 1. The highest BCUT2D eigenvalue weighted by Crippen LogP contribution is 2.10. The Bertz CT molecular complexity index is 253. The Morgan fingerprint density at radius 2 is 1.87 bits per heavy atom. The molecule has 0 saturated heterocycles. The molecule has 86 valence electrons. The van der Waals surface area contributed by atoms with E-state index in [1.54, 1.807) is 0 Å². The predicted molar refractivity (Wildman–Crippen MR) is 54.8 cm³/mol. The van der Waals surface area contributed by atoms with Crippen molar-refractivity contribution in [1.29, 1.82) is 0 Å². The summed E-state index contributed by atoms with van der Waals surface area (Å²) >= 11 is 0. The molecule has 0 saturated carbocycles. The van der Waals surface area contributed by atoms with Crippen LogP contribution in [0.5, 0.6) is 0 Å². The first-order valence-corrected chi connectivity index (χ1v) is 4.75. The standard InChI is InChI=1S/C9H17N3O3/c1-6(13)5-7(8(10)14)3-2-4-12-9(11)15/h7H,2-5H2,1H3,(H2,10,14)(H3,11,12,15)/t7-/m1/s1. The normalized spacial score (nSPS) is 11.8. The van der Waals surface area contributed by atoms with E-state index in [2.05, 4.69) is 5.32 Å². The van der Waals surface area contributed by atoms with Crippen LogP contribution in [0.25, 0.3) is 0 Å². The number of urea groups is 1. The lowest BCUT2D eigenvalue weighted by molar-refractivity contribution is -0.126. The summed E-state index contributed by atoms with van der Waals surface area (Å²) in [6.07, 6.45) is 1.21. The van der Waals surface area contributed by atoms with Crippen molar-refractivity contribution >= 4 is 17.7 Å². The third kappa shape index (κ3) is 7.48. The van der Waals surface area contributed by atoms with E-state index in [-0.39, 0.29) is 12.2 Å². The van der Waals surface area contributed by atoms with Crippen LogP contribution >= 0.6 is 0 Å². The number of primary amides is 2. The van der Waals surface area contributed by atoms with Gasteiger partial charge in [-0.15, -0.1) is 0 Å². The van der Waals surface area contributed by atoms with Crippen LogP contribution in [0.1, 0.15) is 26.2 Å². The van der Waals surface area contributed by atoms with Crippen molar-refractivity contribution in [1.82, 2.24) is 5.32 Å². The third-order valence-electron chi connectivity index (χ3n) is 1.96. The molecule has 0 aromatic carbocycles. The molecule has 0 aliphatic heterocycles. The van der Waals surface area contributed by atoms with Crippen LogP contribution in [0.3, 0.4) is 0 Å². The molecule has 0 spiro atoms. The molecule has 6 nitrogen and oxygen atoms in total. The average Bonchev–Trinajstić information content (AvgIpc) is 2.08. The molecule has 0 heterocycles. The fourth-order valence-corrected chi connectivity index (χ4v) is 1.25. The van der Waals surface area contributed by atoms with Gasteiger partial charge in [0.25, 0.3) is 0 Å². The molecule has 6 heteroatoms. The number of Topliss-reactive ketones (excluding diaryl/α,β-unsaturated/α-hetero) is 1. The number of rotatable bonds is 7. The summed E-state index contributed by atoms with van der Waals surface area (Å²) in [6, 6.07) is -0.600. The van der Waals surface area contributed by atoms with Gasteiger partial charge in [0.2, 0.25) is 5.91 Å². The first-order chi connectivity index (χ1) is 6.93. The van der Waals surface area contributed by atoms with Crippen LogP contribution < -0.4 is 16.8 Å². The van der Waals surface area contributed by atoms with Crippen LogP contribution in [0.15, 0.2) is 0 Å². The summed E-state index contributed by atoms with van der Waals surface area (Å²) < 4.78 is 0. The van der Waals surface area contributed by atoms with Crippen LogP contribution in [0.4, 0.5) is 4.79 Å². The molecule has 5 N–H and O–H groups in total. The molecule has 0 aliphatic carbocycles. The Kier molecular flexibility index (Phi) is 6.08. The zero-order chi connectivity index (χ0) is 11.8. The van der Waals surface area contributed by atoms with Gasteiger partial charge in [-0.2, -0.15) is 0 Å². The Hall–Kier alpha value is -1.59. The number of carbonyl (C=O) groups is 3. The summed E-state index contributed by atoms with van der Waals surface area (Å²) in [5, 5.41) is 2.39. The van der Waals surface area contributed by atoms with E-state index in [1.807, 2.05) is 0 Å². The monoisotopic (exact) mass is 215 g/mol. The molecular weight excluding hydrogens is 198 g/mol. The maximum absolute atomic E-state index is 10.9. The van der Waals surface area contributed by atoms with E-state index in [1.165, 1.54) is 6.92 Å². The van der Waals surface area contributed by atoms with E-state index in [9.17, 15) is 14.4 Å². The molecule has 0 fully saturated rings. The molecule has 0 radical (unpaired) electrons. The molecule has 0 unspecified atom stereocenters. The minimum atomic E-state index is -0.600. The van der Waals surface area contributed by atoms with Crippen molar-refractivity contribution in [2.45, 2.75) is 26.2 Å². The quantitative estimate of drug-likeness (QED) is 0.498. The highest BCUT2D eigenvalue weighted by molar-refractivity contribution is 5.84. The number of nitrogens with two attached hydrogens (primary N) is 2. The van der Waals surface area contributed by atoms with Gasteiger partial charge in [-0.05, 0) is 19.8 Å². The van der Waals surface area contributed by atoms with Gasteiger partial charge in [-0.3, -0.25) is 4.79 Å². The first-order valence-electron chi connectivity index (χ1n) is 4.75. The van der Waals surface area contributed by atoms with Gasteiger partial charge < -0.3 is 21.6 Å². The minimum Gasteiger partial charge on any atom is -0.369 e. The maximum Gasteiger partial charge on any atom is 0.312 e. The van der Waals surface area contributed by atoms with Crippen LogP contribution in [0.2, 0.25) is 0 Å². The van der Waals surface area contributed by atoms with Crippen LogP contribution in [-0.2, 0) is 9.59 Å². The molecule has 0 aliphatic rings. The molecular formula is C9H17N3O3. The van der Waals surface area contributed by atoms with Gasteiger partial charge in [0.15, 0.2) is 0 Å². The zero-order valence-electron chi connectivity index (χ0n) is 8.79. The molecule has 0 aromatic rings. The van der Waals surface area contributed by atoms with Gasteiger partial charge in [0.05, 0.1) is 0 Å². The van der Waals surface area contributed by atoms with Gasteiger partial charge in [0.1, 0.15) is 5.78 Å². The van der Waals surface area contributed by atoms with Crippen molar-refractivity contribution in [3.05, 3.63) is 0 Å². The summed E-state index contributed by atoms with van der Waals surface area (Å²) in [5.41, 5.74) is 9.98. The molecule has 15 heavy (non-hydrogen) atoms. The third-order valence-corrected chi connectivity index (χ3v) is 1.96. The maximum atomic E-state index is 10.9. The van der Waals surface area contributed by atoms with Crippen LogP contribution in [0, 0.1) is 5.92 Å². The predicted octanol–water partition coefficient (Wildman–Crippen LogP) is -0.484. The summed E-state index contributed by atoms with van der Waals surface area (Å²) in [7, 11) is 0. The van der Waals surface area contributed by atoms with Gasteiger partial charge >= 0.3 is 6.03 Å². The second-order valence-electron chi connectivity index (χ2n) is 3.44. The highest BCUT2D eigenvalue weighted by atomic mass is 16.2. The van der Waals surface area contributed by atoms with E-state index in [4.69, 9.17) is 11.5 Å². The first kappa shape index (κ1) is 13.4. The zero-order valence-corrected chi connectivity index (χ0v) is 8.79. The summed E-state index contributed by atoms with van der Waals surface area (Å²) in [6.45, 7) is 1.80. The molecule has 1 atom stereocenters. The topological polar surface area (TPSA) is 115 Å².